The fraction of sp³-hybridized carbons (Fsp3) is 0.263. The van der Waals surface area contributed by atoms with Crippen LogP contribution in [-0.2, 0) is 5.54 Å². The minimum absolute atomic E-state index is 0.243. The summed E-state index contributed by atoms with van der Waals surface area (Å²) >= 11 is 6.09. The number of nitrogens with zero attached hydrogens (tertiary/aromatic N) is 1. The van der Waals surface area contributed by atoms with E-state index < -0.39 is 5.54 Å². The summed E-state index contributed by atoms with van der Waals surface area (Å²) in [4.78, 5) is 5.25. The maximum atomic E-state index is 13.2. The first-order valence-corrected chi connectivity index (χ1v) is 8.11. The highest BCUT2D eigenvalue weighted by Crippen LogP contribution is 2.32. The van der Waals surface area contributed by atoms with Crippen LogP contribution in [0.25, 0.3) is 10.9 Å². The number of H-pyrrole nitrogens is 1. The highest BCUT2D eigenvalue weighted by atomic mass is 35.5. The Morgan fingerprint density at radius 3 is 2.54 bits per heavy atom. The Kier molecular flexibility index (Phi) is 4.52. The van der Waals surface area contributed by atoms with Crippen LogP contribution >= 0.6 is 11.6 Å². The van der Waals surface area contributed by atoms with Crippen LogP contribution in [0, 0.1) is 5.82 Å². The topological polar surface area (TPSA) is 28.3 Å². The molecule has 3 rings (SSSR count). The summed E-state index contributed by atoms with van der Waals surface area (Å²) in [6.45, 7) is 2.49. The molecule has 1 aromatic heterocycles. The molecular weight excluding hydrogens is 327 g/mol. The van der Waals surface area contributed by atoms with Gasteiger partial charge in [0.15, 0.2) is 0 Å². The van der Waals surface area contributed by atoms with Crippen molar-refractivity contribution in [1.29, 1.82) is 0 Å². The molecule has 0 unspecified atom stereocenters. The van der Waals surface area contributed by atoms with Gasteiger partial charge in [-0.25, -0.2) is 4.39 Å². The number of rotatable bonds is 5. The molecule has 126 valence electrons. The van der Waals surface area contributed by atoms with Crippen molar-refractivity contribution in [3.8, 4) is 5.75 Å². The molecule has 0 aliphatic carbocycles. The van der Waals surface area contributed by atoms with Gasteiger partial charge in [0.1, 0.15) is 18.2 Å². The Labute approximate surface area is 146 Å². The predicted octanol–water partition coefficient (Wildman–Crippen LogP) is 4.82. The SMILES string of the molecule is CN(C)[C@@](C)(COc1c[nH]c2ccc(Cl)cc12)c1ccc(F)cc1. The standard InChI is InChI=1S/C19H20ClFN2O/c1-19(23(2)3,13-4-7-15(21)8-5-13)12-24-18-11-22-17-9-6-14(20)10-16(17)18/h4-11,22H,12H2,1-3H3/t19-/m0/s1. The molecule has 0 aliphatic heterocycles. The van der Waals surface area contributed by atoms with Crippen molar-refractivity contribution >= 4 is 22.5 Å². The molecule has 0 fully saturated rings. The zero-order valence-electron chi connectivity index (χ0n) is 13.9. The third kappa shape index (κ3) is 3.12. The van der Waals surface area contributed by atoms with E-state index in [0.29, 0.717) is 11.6 Å². The number of aromatic amines is 1. The normalized spacial score (nSPS) is 14.1. The van der Waals surface area contributed by atoms with E-state index in [1.54, 1.807) is 12.1 Å². The first kappa shape index (κ1) is 16.8. The van der Waals surface area contributed by atoms with Crippen LogP contribution in [0.4, 0.5) is 4.39 Å². The maximum absolute atomic E-state index is 13.2. The van der Waals surface area contributed by atoms with Gasteiger partial charge in [-0.3, -0.25) is 4.90 Å². The van der Waals surface area contributed by atoms with Gasteiger partial charge in [0.25, 0.3) is 0 Å². The van der Waals surface area contributed by atoms with Crippen LogP contribution in [0.5, 0.6) is 5.75 Å². The van der Waals surface area contributed by atoms with Crippen molar-refractivity contribution in [3.05, 3.63) is 65.1 Å². The van der Waals surface area contributed by atoms with Gasteiger partial charge in [-0.2, -0.15) is 0 Å². The van der Waals surface area contributed by atoms with Crippen LogP contribution in [0.3, 0.4) is 0 Å². The Morgan fingerprint density at radius 2 is 1.88 bits per heavy atom. The van der Waals surface area contributed by atoms with E-state index in [0.717, 1.165) is 22.2 Å². The summed E-state index contributed by atoms with van der Waals surface area (Å²) in [6, 6.07) is 12.2. The molecule has 3 nitrogen and oxygen atoms in total. The Morgan fingerprint density at radius 1 is 1.17 bits per heavy atom. The van der Waals surface area contributed by atoms with Crippen LogP contribution in [0.2, 0.25) is 5.02 Å². The van der Waals surface area contributed by atoms with Crippen molar-refractivity contribution in [2.45, 2.75) is 12.5 Å². The molecule has 24 heavy (non-hydrogen) atoms. The first-order valence-electron chi connectivity index (χ1n) is 7.73. The zero-order valence-corrected chi connectivity index (χ0v) is 14.7. The molecule has 0 aliphatic rings. The van der Waals surface area contributed by atoms with Crippen LogP contribution in [0.15, 0.2) is 48.7 Å². The smallest absolute Gasteiger partial charge is 0.144 e. The molecule has 0 amide bonds. The Hall–Kier alpha value is -2.04. The molecule has 0 saturated heterocycles. The predicted molar refractivity (Wildman–Crippen MR) is 96.2 cm³/mol. The zero-order chi connectivity index (χ0) is 17.3. The van der Waals surface area contributed by atoms with Crippen molar-refractivity contribution in [2.75, 3.05) is 20.7 Å². The van der Waals surface area contributed by atoms with E-state index in [1.807, 2.05) is 38.5 Å². The van der Waals surface area contributed by atoms with E-state index in [1.165, 1.54) is 12.1 Å². The van der Waals surface area contributed by atoms with Crippen molar-refractivity contribution in [1.82, 2.24) is 9.88 Å². The second-order valence-electron chi connectivity index (χ2n) is 6.31. The number of likely N-dealkylation sites (N-methyl/N-ethyl adjacent to an activating group) is 1. The lowest BCUT2D eigenvalue weighted by Gasteiger charge is -2.36. The molecule has 0 saturated carbocycles. The molecule has 2 aromatic carbocycles. The number of ether oxygens (including phenoxy) is 1. The second kappa shape index (κ2) is 6.46. The fourth-order valence-electron chi connectivity index (χ4n) is 2.68. The fourth-order valence-corrected chi connectivity index (χ4v) is 2.86. The highest BCUT2D eigenvalue weighted by Gasteiger charge is 2.30. The summed E-state index contributed by atoms with van der Waals surface area (Å²) in [5.41, 5.74) is 1.57. The number of benzene rings is 2. The maximum Gasteiger partial charge on any atom is 0.144 e. The third-order valence-electron chi connectivity index (χ3n) is 4.57. The van der Waals surface area contributed by atoms with E-state index >= 15 is 0 Å². The van der Waals surface area contributed by atoms with Crippen LogP contribution < -0.4 is 4.74 Å². The molecule has 3 aromatic rings. The van der Waals surface area contributed by atoms with Gasteiger partial charge >= 0.3 is 0 Å². The Balaban J connectivity index is 1.88. The summed E-state index contributed by atoms with van der Waals surface area (Å²) < 4.78 is 19.3. The number of nitrogens with one attached hydrogen (secondary N) is 1. The molecule has 0 bridgehead atoms. The summed E-state index contributed by atoms with van der Waals surface area (Å²) in [6.07, 6.45) is 1.84. The van der Waals surface area contributed by atoms with Gasteiger partial charge in [0.05, 0.1) is 5.54 Å². The summed E-state index contributed by atoms with van der Waals surface area (Å²) in [5.74, 6) is 0.509. The lowest BCUT2D eigenvalue weighted by atomic mass is 9.91. The quantitative estimate of drug-likeness (QED) is 0.717. The second-order valence-corrected chi connectivity index (χ2v) is 6.74. The molecule has 1 atom stereocenters. The number of hydrogen-bond acceptors (Lipinski definition) is 2. The van der Waals surface area contributed by atoms with E-state index in [-0.39, 0.29) is 5.82 Å². The lowest BCUT2D eigenvalue weighted by molar-refractivity contribution is 0.0966. The molecule has 0 radical (unpaired) electrons. The van der Waals surface area contributed by atoms with Gasteiger partial charge in [-0.1, -0.05) is 23.7 Å². The molecule has 0 spiro atoms. The molecular formula is C19H20ClFN2O. The van der Waals surface area contributed by atoms with Crippen LogP contribution in [0.1, 0.15) is 12.5 Å². The van der Waals surface area contributed by atoms with E-state index in [9.17, 15) is 4.39 Å². The van der Waals surface area contributed by atoms with Gasteiger partial charge in [-0.15, -0.1) is 0 Å². The molecule has 5 heteroatoms. The Bertz CT molecular complexity index is 844. The van der Waals surface area contributed by atoms with Crippen LogP contribution in [-0.4, -0.2) is 30.6 Å². The average molecular weight is 347 g/mol. The van der Waals surface area contributed by atoms with E-state index in [2.05, 4.69) is 16.8 Å². The van der Waals surface area contributed by atoms with E-state index in [4.69, 9.17) is 16.3 Å². The minimum Gasteiger partial charge on any atom is -0.489 e. The first-order chi connectivity index (χ1) is 11.4. The molecule has 1 N–H and O–H groups in total. The third-order valence-corrected chi connectivity index (χ3v) is 4.80. The highest BCUT2D eigenvalue weighted by molar-refractivity contribution is 6.31. The summed E-state index contributed by atoms with van der Waals surface area (Å²) in [5, 5.41) is 1.61. The number of halogens is 2. The number of fused-ring (bicyclic) bond motifs is 1. The van der Waals surface area contributed by atoms with Gasteiger partial charge < -0.3 is 9.72 Å². The lowest BCUT2D eigenvalue weighted by Crippen LogP contribution is -2.43. The van der Waals surface area contributed by atoms with Crippen molar-refractivity contribution in [2.24, 2.45) is 0 Å². The number of hydrogen-bond donors (Lipinski definition) is 1. The monoisotopic (exact) mass is 346 g/mol. The molecule has 1 heterocycles. The average Bonchev–Trinajstić information content (AvgIpc) is 2.95. The van der Waals surface area contributed by atoms with Crippen molar-refractivity contribution in [3.63, 3.8) is 0 Å². The number of aromatic nitrogens is 1. The van der Waals surface area contributed by atoms with Gasteiger partial charge in [-0.05, 0) is 56.9 Å². The minimum atomic E-state index is -0.393. The van der Waals surface area contributed by atoms with Gasteiger partial charge in [0.2, 0.25) is 0 Å². The summed E-state index contributed by atoms with van der Waals surface area (Å²) in [7, 11) is 3.97. The largest absolute Gasteiger partial charge is 0.489 e. The van der Waals surface area contributed by atoms with Crippen molar-refractivity contribution < 1.29 is 9.13 Å². The van der Waals surface area contributed by atoms with Gasteiger partial charge in [0, 0.05) is 22.1 Å².